The van der Waals surface area contributed by atoms with E-state index < -0.39 is 5.41 Å². The number of rotatable bonds is 7. The minimum absolute atomic E-state index is 0.634. The Kier molecular flexibility index (Phi) is 8.75. The molecule has 0 amide bonds. The molecule has 0 aliphatic heterocycles. The maximum absolute atomic E-state index is 6.47. The van der Waals surface area contributed by atoms with Gasteiger partial charge in [0.05, 0.1) is 5.41 Å². The Hall–Kier alpha value is -6.18. The fraction of sp³-hybridized carbons (Fsp3) is 0.111. The van der Waals surface area contributed by atoms with Gasteiger partial charge in [0.15, 0.2) is 0 Å². The third-order valence-corrected chi connectivity index (χ3v) is 11.5. The van der Waals surface area contributed by atoms with E-state index in [4.69, 9.17) is 7.85 Å². The molecule has 55 heavy (non-hydrogen) atoms. The number of hydrogen-bond donors (Lipinski definition) is 0. The summed E-state index contributed by atoms with van der Waals surface area (Å²) < 4.78 is 0. The van der Waals surface area contributed by atoms with Crippen LogP contribution in [0.3, 0.4) is 0 Å². The minimum Gasteiger partial charge on any atom is -0.0961 e. The lowest BCUT2D eigenvalue weighted by molar-refractivity contribution is 0.769. The van der Waals surface area contributed by atoms with Gasteiger partial charge >= 0.3 is 0 Å². The molecule has 0 fully saturated rings. The second kappa shape index (κ2) is 13.9. The summed E-state index contributed by atoms with van der Waals surface area (Å²) in [5.41, 5.74) is 22.5. The topological polar surface area (TPSA) is 0 Å². The monoisotopic (exact) mass is 702 g/mol. The van der Waals surface area contributed by atoms with E-state index in [0.717, 1.165) is 23.0 Å². The van der Waals surface area contributed by atoms with Crippen LogP contribution in [0.2, 0.25) is 0 Å². The normalized spacial score (nSPS) is 14.4. The van der Waals surface area contributed by atoms with Crippen molar-refractivity contribution in [1.29, 1.82) is 0 Å². The van der Waals surface area contributed by atoms with Crippen LogP contribution in [0.1, 0.15) is 51.4 Å². The van der Waals surface area contributed by atoms with E-state index in [2.05, 4.69) is 198 Å². The lowest BCUT2D eigenvalue weighted by Gasteiger charge is -2.35. The van der Waals surface area contributed by atoms with Crippen molar-refractivity contribution in [3.05, 3.63) is 220 Å². The first-order valence-electron chi connectivity index (χ1n) is 19.4. The molecule has 0 spiro atoms. The smallest absolute Gasteiger partial charge is 0.0961 e. The second-order valence-corrected chi connectivity index (χ2v) is 15.3. The molecule has 0 saturated carbocycles. The molecule has 262 valence electrons. The van der Waals surface area contributed by atoms with Gasteiger partial charge in [-0.05, 0) is 147 Å². The van der Waals surface area contributed by atoms with E-state index in [1.54, 1.807) is 0 Å². The fourth-order valence-corrected chi connectivity index (χ4v) is 9.03. The van der Waals surface area contributed by atoms with Crippen molar-refractivity contribution in [3.63, 3.8) is 0 Å². The highest BCUT2D eigenvalue weighted by molar-refractivity contribution is 6.32. The first-order chi connectivity index (χ1) is 26.8. The van der Waals surface area contributed by atoms with Crippen LogP contribution in [0.25, 0.3) is 55.6 Å². The Morgan fingerprint density at radius 2 is 0.836 bits per heavy atom. The van der Waals surface area contributed by atoms with Crippen molar-refractivity contribution in [1.82, 2.24) is 0 Å². The van der Waals surface area contributed by atoms with Crippen molar-refractivity contribution in [2.75, 3.05) is 0 Å². The average molecular weight is 703 g/mol. The van der Waals surface area contributed by atoms with Crippen LogP contribution in [0.15, 0.2) is 176 Å². The molecule has 1 aliphatic carbocycles. The van der Waals surface area contributed by atoms with Gasteiger partial charge in [0, 0.05) is 0 Å². The van der Waals surface area contributed by atoms with E-state index in [9.17, 15) is 0 Å². The number of benzene rings is 8. The van der Waals surface area contributed by atoms with Crippen LogP contribution < -0.4 is 5.46 Å². The molecular formula is C54H43B. The third kappa shape index (κ3) is 6.05. The van der Waals surface area contributed by atoms with Crippen LogP contribution in [0.4, 0.5) is 0 Å². The molecule has 0 bridgehead atoms. The predicted molar refractivity (Wildman–Crippen MR) is 234 cm³/mol. The van der Waals surface area contributed by atoms with Gasteiger partial charge in [-0.2, -0.15) is 0 Å². The Bertz CT molecular complexity index is 2480. The molecule has 1 aliphatic rings. The highest BCUT2D eigenvalue weighted by Gasteiger charge is 2.47. The summed E-state index contributed by atoms with van der Waals surface area (Å²) in [5.74, 6) is 0. The van der Waals surface area contributed by atoms with E-state index in [1.165, 1.54) is 89.0 Å². The molecule has 1 heteroatoms. The van der Waals surface area contributed by atoms with Crippen molar-refractivity contribution in [3.8, 4) is 55.6 Å². The summed E-state index contributed by atoms with van der Waals surface area (Å²) in [4.78, 5) is 0. The van der Waals surface area contributed by atoms with Crippen LogP contribution in [0.5, 0.6) is 0 Å². The zero-order chi connectivity index (χ0) is 37.7. The fourth-order valence-electron chi connectivity index (χ4n) is 9.03. The summed E-state index contributed by atoms with van der Waals surface area (Å²) in [6, 6.07) is 65.7. The molecule has 0 aromatic heterocycles. The molecule has 0 nitrogen and oxygen atoms in total. The Labute approximate surface area is 327 Å². The lowest BCUT2D eigenvalue weighted by Crippen LogP contribution is -2.29. The first kappa shape index (κ1) is 34.6. The quantitative estimate of drug-likeness (QED) is 0.145. The summed E-state index contributed by atoms with van der Waals surface area (Å²) in [7, 11) is 6.47. The Balaban J connectivity index is 1.46. The van der Waals surface area contributed by atoms with Crippen molar-refractivity contribution >= 4 is 13.3 Å². The Morgan fingerprint density at radius 1 is 0.400 bits per heavy atom. The zero-order valence-electron chi connectivity index (χ0n) is 32.0. The number of aryl methyl sites for hydroxylation is 4. The third-order valence-electron chi connectivity index (χ3n) is 11.5. The van der Waals surface area contributed by atoms with E-state index in [0.29, 0.717) is 0 Å². The maximum atomic E-state index is 6.47. The molecule has 1 atom stereocenters. The summed E-state index contributed by atoms with van der Waals surface area (Å²) >= 11 is 0. The molecule has 0 N–H and O–H groups in total. The molecule has 9 rings (SSSR count). The summed E-state index contributed by atoms with van der Waals surface area (Å²) in [5, 5.41) is 0. The summed E-state index contributed by atoms with van der Waals surface area (Å²) in [6.45, 7) is 8.82. The second-order valence-electron chi connectivity index (χ2n) is 15.3. The lowest BCUT2D eigenvalue weighted by atomic mass is 9.66. The molecule has 2 radical (unpaired) electrons. The van der Waals surface area contributed by atoms with E-state index in [-0.39, 0.29) is 0 Å². The van der Waals surface area contributed by atoms with Gasteiger partial charge in [-0.25, -0.2) is 0 Å². The average Bonchev–Trinajstić information content (AvgIpc) is 3.52. The largest absolute Gasteiger partial charge is 0.113 e. The molecule has 1 unspecified atom stereocenters. The van der Waals surface area contributed by atoms with Gasteiger partial charge in [0.25, 0.3) is 0 Å². The van der Waals surface area contributed by atoms with E-state index >= 15 is 0 Å². The van der Waals surface area contributed by atoms with Crippen LogP contribution in [0, 0.1) is 20.8 Å². The van der Waals surface area contributed by atoms with Crippen molar-refractivity contribution in [2.24, 2.45) is 0 Å². The maximum Gasteiger partial charge on any atom is 0.113 e. The summed E-state index contributed by atoms with van der Waals surface area (Å²) in [6.07, 6.45) is 0.948. The SMILES string of the molecule is [B]c1cccc(-c2cc(-c3cccc(C)c3)cc(C3(c4cc(-c5cccc(C)c5)cc(-c5cccc(C)c5)c4)c4ccccc4-c4c(CC)cccc43)c2)c1. The van der Waals surface area contributed by atoms with Crippen molar-refractivity contribution < 1.29 is 0 Å². The Morgan fingerprint density at radius 3 is 1.31 bits per heavy atom. The van der Waals surface area contributed by atoms with E-state index in [1.807, 2.05) is 6.07 Å². The minimum atomic E-state index is -0.634. The van der Waals surface area contributed by atoms with Gasteiger partial charge in [-0.15, -0.1) is 0 Å². The van der Waals surface area contributed by atoms with Crippen LogP contribution in [-0.2, 0) is 11.8 Å². The molecular weight excluding hydrogens is 659 g/mol. The predicted octanol–water partition coefficient (Wildman–Crippen LogP) is 13.0. The molecule has 0 heterocycles. The zero-order valence-corrected chi connectivity index (χ0v) is 32.0. The van der Waals surface area contributed by atoms with Gasteiger partial charge in [-0.1, -0.05) is 169 Å². The van der Waals surface area contributed by atoms with Gasteiger partial charge in [0.1, 0.15) is 7.85 Å². The standard InChI is InChI=1S/C54H43B/c1-5-38-16-12-24-52-53(38)50-22-6-7-23-51(50)54(52,47-30-43(39-17-8-13-35(2)25-39)28-44(31-47)40-18-9-14-36(3)26-40)48-32-45(41-19-10-15-37(4)27-41)29-46(33-48)42-20-11-21-49(55)34-42/h6-34H,5H2,1-4H3. The first-order valence-corrected chi connectivity index (χ1v) is 19.4. The van der Waals surface area contributed by atoms with Crippen LogP contribution >= 0.6 is 0 Å². The van der Waals surface area contributed by atoms with Gasteiger partial charge in [0.2, 0.25) is 0 Å². The van der Waals surface area contributed by atoms with Crippen molar-refractivity contribution in [2.45, 2.75) is 39.5 Å². The highest BCUT2D eigenvalue weighted by atomic mass is 14.5. The van der Waals surface area contributed by atoms with Gasteiger partial charge in [-0.3, -0.25) is 0 Å². The highest BCUT2D eigenvalue weighted by Crippen LogP contribution is 2.58. The number of hydrogen-bond acceptors (Lipinski definition) is 0. The molecule has 8 aromatic carbocycles. The molecule has 8 aromatic rings. The molecule has 0 saturated heterocycles. The number of fused-ring (bicyclic) bond motifs is 3. The van der Waals surface area contributed by atoms with Gasteiger partial charge < -0.3 is 0 Å². The van der Waals surface area contributed by atoms with Crippen LogP contribution in [-0.4, -0.2) is 7.85 Å².